The average molecular weight is 370 g/mol. The molecule has 0 aliphatic carbocycles. The first-order valence-corrected chi connectivity index (χ1v) is 7.89. The fourth-order valence-corrected chi connectivity index (χ4v) is 2.89. The lowest BCUT2D eigenvalue weighted by molar-refractivity contribution is 0.912. The Morgan fingerprint density at radius 2 is 1.85 bits per heavy atom. The molecule has 0 spiro atoms. The Labute approximate surface area is 135 Å². The smallest absolute Gasteiger partial charge is 0.115 e. The van der Waals surface area contributed by atoms with Crippen molar-refractivity contribution in [3.05, 3.63) is 57.8 Å². The predicted molar refractivity (Wildman–Crippen MR) is 88.2 cm³/mol. The molecule has 0 radical (unpaired) electrons. The third-order valence-corrected chi connectivity index (χ3v) is 4.13. The predicted octanol–water partition coefficient (Wildman–Crippen LogP) is 5.22. The van der Waals surface area contributed by atoms with E-state index in [0.717, 1.165) is 27.0 Å². The number of aromatic nitrogens is 2. The molecule has 0 saturated heterocycles. The van der Waals surface area contributed by atoms with Gasteiger partial charge in [0.2, 0.25) is 0 Å². The maximum absolute atomic E-state index is 6.24. The highest BCUT2D eigenvalue weighted by Gasteiger charge is 2.13. The van der Waals surface area contributed by atoms with Crippen LogP contribution in [0.5, 0.6) is 0 Å². The van der Waals surface area contributed by atoms with Crippen LogP contribution in [0.15, 0.2) is 46.9 Å². The van der Waals surface area contributed by atoms with Crippen LogP contribution in [0.4, 0.5) is 0 Å². The van der Waals surface area contributed by atoms with Crippen molar-refractivity contribution in [3.63, 3.8) is 0 Å². The summed E-state index contributed by atoms with van der Waals surface area (Å²) in [6, 6.07) is 13.9. The Kier molecular flexibility index (Phi) is 4.01. The molecule has 2 aromatic carbocycles. The summed E-state index contributed by atoms with van der Waals surface area (Å²) >= 11 is 15.6. The number of aryl methyl sites for hydroxylation is 1. The molecule has 0 saturated carbocycles. The average Bonchev–Trinajstić information content (AvgIpc) is 2.80. The van der Waals surface area contributed by atoms with Gasteiger partial charge in [0.05, 0.1) is 10.5 Å². The third kappa shape index (κ3) is 2.46. The highest BCUT2D eigenvalue weighted by Crippen LogP contribution is 2.27. The number of rotatable bonds is 3. The Morgan fingerprint density at radius 1 is 1.10 bits per heavy atom. The zero-order chi connectivity index (χ0) is 14.1. The lowest BCUT2D eigenvalue weighted by atomic mass is 10.2. The van der Waals surface area contributed by atoms with Crippen LogP contribution in [-0.4, -0.2) is 15.4 Å². The van der Waals surface area contributed by atoms with E-state index >= 15 is 0 Å². The topological polar surface area (TPSA) is 17.8 Å². The molecule has 5 heteroatoms. The molecule has 0 aliphatic rings. The summed E-state index contributed by atoms with van der Waals surface area (Å²) < 4.78 is 3.15. The fraction of sp³-hybridized carbons (Fsp3) is 0.133. The molecule has 20 heavy (non-hydrogen) atoms. The molecular formula is C15H11BrCl2N2. The van der Waals surface area contributed by atoms with Gasteiger partial charge in [0.1, 0.15) is 11.3 Å². The van der Waals surface area contributed by atoms with Crippen molar-refractivity contribution in [1.82, 2.24) is 9.55 Å². The summed E-state index contributed by atoms with van der Waals surface area (Å²) in [7, 11) is 0. The van der Waals surface area contributed by atoms with Crippen LogP contribution in [0.3, 0.4) is 0 Å². The quantitative estimate of drug-likeness (QED) is 0.578. The minimum absolute atomic E-state index is 0.525. The molecule has 2 nitrogen and oxygen atoms in total. The van der Waals surface area contributed by atoms with Crippen LogP contribution in [-0.2, 0) is 6.42 Å². The fourth-order valence-electron chi connectivity index (χ4n) is 2.24. The number of hydrogen-bond acceptors (Lipinski definition) is 1. The van der Waals surface area contributed by atoms with Crippen LogP contribution >= 0.6 is 39.1 Å². The van der Waals surface area contributed by atoms with Gasteiger partial charge in [-0.25, -0.2) is 4.98 Å². The van der Waals surface area contributed by atoms with Crippen LogP contribution in [0.1, 0.15) is 5.82 Å². The number of hydrogen-bond donors (Lipinski definition) is 0. The second-order valence-corrected chi connectivity index (χ2v) is 6.09. The van der Waals surface area contributed by atoms with E-state index in [1.807, 2.05) is 42.5 Å². The van der Waals surface area contributed by atoms with Gasteiger partial charge in [-0.2, -0.15) is 0 Å². The summed E-state index contributed by atoms with van der Waals surface area (Å²) in [6.45, 7) is 0. The first-order valence-electron chi connectivity index (χ1n) is 6.18. The maximum Gasteiger partial charge on any atom is 0.115 e. The van der Waals surface area contributed by atoms with Gasteiger partial charge in [-0.3, -0.25) is 4.57 Å². The van der Waals surface area contributed by atoms with E-state index in [1.165, 1.54) is 0 Å². The second kappa shape index (κ2) is 5.76. The lowest BCUT2D eigenvalue weighted by Crippen LogP contribution is -2.01. The molecule has 0 amide bonds. The van der Waals surface area contributed by atoms with E-state index in [1.54, 1.807) is 0 Å². The first kappa shape index (κ1) is 13.9. The Hall–Kier alpha value is -1.03. The van der Waals surface area contributed by atoms with Crippen LogP contribution in [0.25, 0.3) is 16.7 Å². The molecule has 1 heterocycles. The Morgan fingerprint density at radius 3 is 2.55 bits per heavy atom. The molecule has 3 aromatic rings. The van der Waals surface area contributed by atoms with Gasteiger partial charge in [-0.1, -0.05) is 33.6 Å². The highest BCUT2D eigenvalue weighted by molar-refractivity contribution is 9.10. The van der Waals surface area contributed by atoms with Gasteiger partial charge in [0.25, 0.3) is 0 Å². The minimum atomic E-state index is 0.525. The van der Waals surface area contributed by atoms with Gasteiger partial charge in [0, 0.05) is 22.5 Å². The zero-order valence-electron chi connectivity index (χ0n) is 10.5. The van der Waals surface area contributed by atoms with Crippen molar-refractivity contribution in [2.45, 2.75) is 6.42 Å². The number of fused-ring (bicyclic) bond motifs is 1. The standard InChI is InChI=1S/C15H11BrCl2N2/c16-10-4-6-11(7-5-10)20-13-3-1-2-12(18)15(13)19-14(20)8-9-17/h1-7H,8-9H2. The first-order chi connectivity index (χ1) is 9.70. The normalized spacial score (nSPS) is 11.2. The van der Waals surface area contributed by atoms with Crippen LogP contribution in [0.2, 0.25) is 5.02 Å². The van der Waals surface area contributed by atoms with Crippen molar-refractivity contribution in [1.29, 1.82) is 0 Å². The summed E-state index contributed by atoms with van der Waals surface area (Å²) in [5.74, 6) is 1.45. The molecule has 3 rings (SSSR count). The van der Waals surface area contributed by atoms with E-state index in [4.69, 9.17) is 23.2 Å². The van der Waals surface area contributed by atoms with Gasteiger partial charge in [0.15, 0.2) is 0 Å². The van der Waals surface area contributed by atoms with Crippen molar-refractivity contribution in [2.24, 2.45) is 0 Å². The SMILES string of the molecule is ClCCc1nc2c(Cl)cccc2n1-c1ccc(Br)cc1. The van der Waals surface area contributed by atoms with Crippen LogP contribution < -0.4 is 0 Å². The number of nitrogens with zero attached hydrogens (tertiary/aromatic N) is 2. The number of imidazole rings is 1. The molecular weight excluding hydrogens is 359 g/mol. The van der Waals surface area contributed by atoms with E-state index in [2.05, 4.69) is 25.5 Å². The van der Waals surface area contributed by atoms with E-state index in [9.17, 15) is 0 Å². The lowest BCUT2D eigenvalue weighted by Gasteiger charge is -2.08. The van der Waals surface area contributed by atoms with Crippen molar-refractivity contribution < 1.29 is 0 Å². The summed E-state index contributed by atoms with van der Waals surface area (Å²) in [5.41, 5.74) is 2.87. The van der Waals surface area contributed by atoms with Crippen molar-refractivity contribution >= 4 is 50.2 Å². The monoisotopic (exact) mass is 368 g/mol. The third-order valence-electron chi connectivity index (χ3n) is 3.11. The Bertz CT molecular complexity index is 750. The molecule has 0 unspecified atom stereocenters. The molecule has 0 fully saturated rings. The van der Waals surface area contributed by atoms with Gasteiger partial charge < -0.3 is 0 Å². The Balaban J connectivity index is 2.28. The molecule has 0 aliphatic heterocycles. The van der Waals surface area contributed by atoms with Gasteiger partial charge >= 0.3 is 0 Å². The molecule has 0 atom stereocenters. The summed E-state index contributed by atoms with van der Waals surface area (Å²) in [5, 5.41) is 0.661. The number of para-hydroxylation sites is 1. The molecule has 0 bridgehead atoms. The highest BCUT2D eigenvalue weighted by atomic mass is 79.9. The molecule has 102 valence electrons. The zero-order valence-corrected chi connectivity index (χ0v) is 13.6. The van der Waals surface area contributed by atoms with Gasteiger partial charge in [-0.15, -0.1) is 11.6 Å². The van der Waals surface area contributed by atoms with Crippen LogP contribution in [0, 0.1) is 0 Å². The van der Waals surface area contributed by atoms with Gasteiger partial charge in [-0.05, 0) is 36.4 Å². The van der Waals surface area contributed by atoms with Crippen molar-refractivity contribution in [2.75, 3.05) is 5.88 Å². The maximum atomic E-state index is 6.24. The minimum Gasteiger partial charge on any atom is -0.296 e. The largest absolute Gasteiger partial charge is 0.296 e. The van der Waals surface area contributed by atoms with E-state index < -0.39 is 0 Å². The van der Waals surface area contributed by atoms with Crippen molar-refractivity contribution in [3.8, 4) is 5.69 Å². The molecule has 0 N–H and O–H groups in total. The summed E-state index contributed by atoms with van der Waals surface area (Å²) in [4.78, 5) is 4.64. The number of alkyl halides is 1. The second-order valence-electron chi connectivity index (χ2n) is 4.39. The molecule has 1 aromatic heterocycles. The van der Waals surface area contributed by atoms with E-state index in [-0.39, 0.29) is 0 Å². The number of benzene rings is 2. The number of halogens is 3. The van der Waals surface area contributed by atoms with E-state index in [0.29, 0.717) is 17.3 Å². The summed E-state index contributed by atoms with van der Waals surface area (Å²) in [6.07, 6.45) is 0.697.